The Morgan fingerprint density at radius 1 is 0.935 bits per heavy atom. The van der Waals surface area contributed by atoms with Crippen molar-refractivity contribution in [1.82, 2.24) is 16.1 Å². The molecule has 0 aliphatic rings. The lowest BCUT2D eigenvalue weighted by atomic mass is 10.0. The first kappa shape index (κ1) is 23.7. The van der Waals surface area contributed by atoms with Crippen molar-refractivity contribution in [2.75, 3.05) is 0 Å². The van der Waals surface area contributed by atoms with Crippen molar-refractivity contribution in [3.63, 3.8) is 0 Å². The number of aromatic hydroxyl groups is 1. The van der Waals surface area contributed by atoms with Crippen LogP contribution in [-0.4, -0.2) is 35.1 Å². The van der Waals surface area contributed by atoms with Gasteiger partial charge in [0.2, 0.25) is 5.91 Å². The van der Waals surface area contributed by atoms with E-state index >= 15 is 0 Å². The van der Waals surface area contributed by atoms with E-state index in [1.807, 2.05) is 35.8 Å². The summed E-state index contributed by atoms with van der Waals surface area (Å²) in [5, 5.41) is 14.6. The Balaban J connectivity index is 2.00. The fourth-order valence-corrected chi connectivity index (χ4v) is 2.87. The van der Waals surface area contributed by atoms with Crippen LogP contribution in [0.2, 0.25) is 0 Å². The molecule has 0 heterocycles. The molecule has 9 heteroatoms. The van der Waals surface area contributed by atoms with Gasteiger partial charge in [-0.2, -0.15) is 0 Å². The summed E-state index contributed by atoms with van der Waals surface area (Å²) in [6.45, 7) is 3.59. The fraction of sp³-hybridized carbons (Fsp3) is 0.318. The molecule has 0 saturated carbocycles. The highest BCUT2D eigenvalue weighted by Gasteiger charge is 2.29. The molecule has 0 aromatic heterocycles. The highest BCUT2D eigenvalue weighted by atomic mass is 16.5. The van der Waals surface area contributed by atoms with E-state index in [1.54, 1.807) is 26.0 Å². The van der Waals surface area contributed by atoms with Gasteiger partial charge in [-0.05, 0) is 29.2 Å². The van der Waals surface area contributed by atoms with Gasteiger partial charge < -0.3 is 20.5 Å². The number of alkyl carbamates (subject to hydrolysis) is 1. The number of benzene rings is 2. The molecule has 0 aliphatic carbocycles. The molecule has 0 fully saturated rings. The number of hydrazine groups is 1. The first-order valence-corrected chi connectivity index (χ1v) is 9.86. The number of nitrogens with one attached hydrogen (secondary N) is 3. The molecule has 0 radical (unpaired) electrons. The fourth-order valence-electron chi connectivity index (χ4n) is 2.87. The molecule has 0 spiro atoms. The zero-order valence-corrected chi connectivity index (χ0v) is 17.5. The number of phenols is 1. The molecule has 2 atom stereocenters. The molecular formula is C22H28N4O5. The van der Waals surface area contributed by atoms with E-state index < -0.39 is 30.0 Å². The van der Waals surface area contributed by atoms with Crippen molar-refractivity contribution >= 4 is 17.9 Å². The molecule has 166 valence electrons. The van der Waals surface area contributed by atoms with E-state index in [1.165, 1.54) is 12.1 Å². The topological polar surface area (TPSA) is 143 Å². The lowest BCUT2D eigenvalue weighted by molar-refractivity contribution is -0.130. The summed E-state index contributed by atoms with van der Waals surface area (Å²) in [5.41, 5.74) is 3.56. The Morgan fingerprint density at radius 2 is 1.58 bits per heavy atom. The summed E-state index contributed by atoms with van der Waals surface area (Å²) < 4.78 is 5.19. The molecule has 2 rings (SSSR count). The van der Waals surface area contributed by atoms with E-state index in [-0.39, 0.29) is 24.7 Å². The smallest absolute Gasteiger partial charge is 0.408 e. The molecule has 2 aromatic carbocycles. The molecular weight excluding hydrogens is 400 g/mol. The van der Waals surface area contributed by atoms with Crippen molar-refractivity contribution in [2.45, 2.75) is 39.0 Å². The number of carbonyl (C=O) groups excluding carboxylic acids is 3. The van der Waals surface area contributed by atoms with Crippen molar-refractivity contribution in [1.29, 1.82) is 0 Å². The third kappa shape index (κ3) is 7.63. The highest BCUT2D eigenvalue weighted by molar-refractivity contribution is 5.91. The zero-order valence-electron chi connectivity index (χ0n) is 17.5. The Hall–Kier alpha value is -3.59. The normalized spacial score (nSPS) is 12.5. The van der Waals surface area contributed by atoms with Crippen LogP contribution in [0, 0.1) is 5.92 Å². The lowest BCUT2D eigenvalue weighted by Crippen LogP contribution is -2.56. The van der Waals surface area contributed by atoms with Crippen molar-refractivity contribution < 1.29 is 24.2 Å². The summed E-state index contributed by atoms with van der Waals surface area (Å²) >= 11 is 0. The van der Waals surface area contributed by atoms with Gasteiger partial charge in [-0.25, -0.2) is 10.6 Å². The zero-order chi connectivity index (χ0) is 22.8. The second-order valence-electron chi connectivity index (χ2n) is 7.37. The van der Waals surface area contributed by atoms with E-state index in [0.717, 1.165) is 5.56 Å². The Morgan fingerprint density at radius 3 is 2.16 bits per heavy atom. The summed E-state index contributed by atoms with van der Waals surface area (Å²) in [6.07, 6.45) is -0.589. The van der Waals surface area contributed by atoms with Gasteiger partial charge in [0.25, 0.3) is 5.91 Å². The summed E-state index contributed by atoms with van der Waals surface area (Å²) in [5.74, 6) is 3.95. The predicted octanol–water partition coefficient (Wildman–Crippen LogP) is 1.36. The molecule has 0 saturated heterocycles. The number of hydrogen-bond acceptors (Lipinski definition) is 6. The van der Waals surface area contributed by atoms with Gasteiger partial charge in [0.05, 0.1) is 0 Å². The number of phenolic OH excluding ortho intramolecular Hbond substituents is 1. The maximum Gasteiger partial charge on any atom is 0.408 e. The Bertz CT molecular complexity index is 871. The van der Waals surface area contributed by atoms with Crippen LogP contribution in [0.5, 0.6) is 5.75 Å². The van der Waals surface area contributed by atoms with E-state index in [2.05, 4.69) is 10.6 Å². The van der Waals surface area contributed by atoms with E-state index in [0.29, 0.717) is 5.56 Å². The van der Waals surface area contributed by atoms with Crippen molar-refractivity contribution in [3.8, 4) is 5.75 Å². The van der Waals surface area contributed by atoms with Crippen LogP contribution in [0.1, 0.15) is 25.0 Å². The summed E-state index contributed by atoms with van der Waals surface area (Å²) in [7, 11) is 0. The van der Waals surface area contributed by atoms with Gasteiger partial charge in [0.1, 0.15) is 24.4 Å². The van der Waals surface area contributed by atoms with Crippen molar-refractivity contribution in [2.24, 2.45) is 11.8 Å². The van der Waals surface area contributed by atoms with Gasteiger partial charge in [0.15, 0.2) is 0 Å². The Labute approximate surface area is 180 Å². The molecule has 0 bridgehead atoms. The third-order valence-corrected chi connectivity index (χ3v) is 4.59. The van der Waals surface area contributed by atoms with Crippen LogP contribution in [-0.2, 0) is 27.4 Å². The number of carbonyl (C=O) groups is 3. The van der Waals surface area contributed by atoms with Crippen LogP contribution in [0.25, 0.3) is 0 Å². The first-order chi connectivity index (χ1) is 14.8. The largest absolute Gasteiger partial charge is 0.508 e. The van der Waals surface area contributed by atoms with E-state index in [4.69, 9.17) is 10.6 Å². The minimum absolute atomic E-state index is 0.0676. The summed E-state index contributed by atoms with van der Waals surface area (Å²) in [4.78, 5) is 37.2. The minimum Gasteiger partial charge on any atom is -0.508 e. The van der Waals surface area contributed by atoms with Gasteiger partial charge in [0, 0.05) is 6.42 Å². The van der Waals surface area contributed by atoms with Gasteiger partial charge in [-0.1, -0.05) is 56.3 Å². The maximum atomic E-state index is 12.8. The quantitative estimate of drug-likeness (QED) is 0.232. The lowest BCUT2D eigenvalue weighted by Gasteiger charge is -2.24. The van der Waals surface area contributed by atoms with Crippen molar-refractivity contribution in [3.05, 3.63) is 65.7 Å². The molecule has 31 heavy (non-hydrogen) atoms. The van der Waals surface area contributed by atoms with Gasteiger partial charge >= 0.3 is 6.09 Å². The van der Waals surface area contributed by atoms with Crippen LogP contribution >= 0.6 is 0 Å². The van der Waals surface area contributed by atoms with Crippen LogP contribution in [0.3, 0.4) is 0 Å². The average molecular weight is 428 g/mol. The second kappa shape index (κ2) is 11.6. The van der Waals surface area contributed by atoms with Crippen LogP contribution in [0.15, 0.2) is 54.6 Å². The number of amides is 3. The van der Waals surface area contributed by atoms with E-state index in [9.17, 15) is 19.5 Å². The predicted molar refractivity (Wildman–Crippen MR) is 114 cm³/mol. The summed E-state index contributed by atoms with van der Waals surface area (Å²) in [6, 6.07) is 13.5. The van der Waals surface area contributed by atoms with Crippen LogP contribution < -0.4 is 21.9 Å². The molecule has 3 amide bonds. The monoisotopic (exact) mass is 428 g/mol. The maximum absolute atomic E-state index is 12.8. The van der Waals surface area contributed by atoms with Gasteiger partial charge in [-0.15, -0.1) is 0 Å². The number of rotatable bonds is 9. The molecule has 9 nitrogen and oxygen atoms in total. The molecule has 6 N–H and O–H groups in total. The molecule has 0 aliphatic heterocycles. The number of nitrogens with two attached hydrogens (primary N) is 1. The molecule has 2 aromatic rings. The highest BCUT2D eigenvalue weighted by Crippen LogP contribution is 2.12. The van der Waals surface area contributed by atoms with Gasteiger partial charge in [-0.3, -0.25) is 15.0 Å². The second-order valence-corrected chi connectivity index (χ2v) is 7.37. The first-order valence-electron chi connectivity index (χ1n) is 9.86. The number of hydrogen-bond donors (Lipinski definition) is 5. The third-order valence-electron chi connectivity index (χ3n) is 4.59. The number of ether oxygens (including phenoxy) is 1. The standard InChI is InChI=1S/C22H28N4O5/c1-14(2)19(25-22(30)31-13-16-6-4-3-5-7-16)21(29)24-18(20(28)26-23)12-15-8-10-17(27)11-9-15/h3-11,14,18-19,27H,12-13,23H2,1-2H3,(H,24,29)(H,25,30)(H,26,28)/t18-,19+/m1/s1. The average Bonchev–Trinajstić information content (AvgIpc) is 2.76. The SMILES string of the molecule is CC(C)[C@H](NC(=O)OCc1ccccc1)C(=O)N[C@H](Cc1ccc(O)cc1)C(=O)NN. The van der Waals surface area contributed by atoms with Crippen LogP contribution in [0.4, 0.5) is 4.79 Å². The molecule has 0 unspecified atom stereocenters. The minimum atomic E-state index is -0.967. The Kier molecular flexibility index (Phi) is 8.83.